The quantitative estimate of drug-likeness (QED) is 0.883. The normalized spacial score (nSPS) is 27.9. The van der Waals surface area contributed by atoms with Gasteiger partial charge in [-0.3, -0.25) is 4.79 Å². The van der Waals surface area contributed by atoms with Gasteiger partial charge in [0.2, 0.25) is 0 Å². The Kier molecular flexibility index (Phi) is 4.36. The van der Waals surface area contributed by atoms with Crippen LogP contribution in [0, 0.1) is 25.7 Å². The van der Waals surface area contributed by atoms with Crippen LogP contribution in [0.2, 0.25) is 0 Å². The third-order valence-corrected chi connectivity index (χ3v) is 5.13. The lowest BCUT2D eigenvalue weighted by Crippen LogP contribution is -2.46. The maximum absolute atomic E-state index is 12.8. The van der Waals surface area contributed by atoms with Crippen LogP contribution in [0.25, 0.3) is 0 Å². The van der Waals surface area contributed by atoms with Crippen LogP contribution in [0.15, 0.2) is 48.5 Å². The first-order valence-electron chi connectivity index (χ1n) is 8.40. The second kappa shape index (κ2) is 6.29. The van der Waals surface area contributed by atoms with Gasteiger partial charge in [0.1, 0.15) is 5.78 Å². The number of carbonyl (C=O) groups is 1. The van der Waals surface area contributed by atoms with Gasteiger partial charge in [0.05, 0.1) is 0 Å². The van der Waals surface area contributed by atoms with Crippen LogP contribution in [0.3, 0.4) is 0 Å². The SMILES string of the molecule is Cc1ccc([C@@H]2N[C@@H](c3ccc(C)cc3)[C@@H](C)C(=O)[C@H]2C)cc1. The highest BCUT2D eigenvalue weighted by Gasteiger charge is 2.39. The highest BCUT2D eigenvalue weighted by molar-refractivity contribution is 5.85. The molecule has 1 aliphatic heterocycles. The molecule has 0 bridgehead atoms. The van der Waals surface area contributed by atoms with Crippen LogP contribution in [0.4, 0.5) is 0 Å². The Morgan fingerprint density at radius 2 is 1.04 bits per heavy atom. The molecule has 0 unspecified atom stereocenters. The number of hydrogen-bond acceptors (Lipinski definition) is 2. The molecule has 1 saturated heterocycles. The summed E-state index contributed by atoms with van der Waals surface area (Å²) in [6.45, 7) is 8.26. The first-order valence-corrected chi connectivity index (χ1v) is 8.40. The monoisotopic (exact) mass is 307 g/mol. The molecule has 0 aromatic heterocycles. The van der Waals surface area contributed by atoms with Crippen LogP contribution in [0.1, 0.15) is 48.2 Å². The van der Waals surface area contributed by atoms with Crippen LogP contribution in [-0.2, 0) is 4.79 Å². The zero-order valence-corrected chi connectivity index (χ0v) is 14.3. The number of aryl methyl sites for hydroxylation is 2. The average molecular weight is 307 g/mol. The van der Waals surface area contributed by atoms with Crippen LogP contribution >= 0.6 is 0 Å². The van der Waals surface area contributed by atoms with Crippen LogP contribution in [0.5, 0.6) is 0 Å². The molecule has 0 spiro atoms. The summed E-state index contributed by atoms with van der Waals surface area (Å²) in [4.78, 5) is 12.8. The largest absolute Gasteiger partial charge is 0.302 e. The third-order valence-electron chi connectivity index (χ3n) is 5.13. The number of rotatable bonds is 2. The van der Waals surface area contributed by atoms with Gasteiger partial charge in [0.15, 0.2) is 0 Å². The number of benzene rings is 2. The maximum Gasteiger partial charge on any atom is 0.142 e. The minimum Gasteiger partial charge on any atom is -0.302 e. The molecule has 1 heterocycles. The van der Waals surface area contributed by atoms with Crippen molar-refractivity contribution in [3.05, 3.63) is 70.8 Å². The van der Waals surface area contributed by atoms with Crippen molar-refractivity contribution in [2.45, 2.75) is 39.8 Å². The molecule has 120 valence electrons. The molecule has 2 aromatic carbocycles. The van der Waals surface area contributed by atoms with E-state index in [0.717, 1.165) is 0 Å². The Morgan fingerprint density at radius 3 is 1.39 bits per heavy atom. The summed E-state index contributed by atoms with van der Waals surface area (Å²) >= 11 is 0. The second-order valence-corrected chi connectivity index (χ2v) is 6.92. The van der Waals surface area contributed by atoms with Crippen molar-refractivity contribution >= 4 is 5.78 Å². The Labute approximate surface area is 138 Å². The lowest BCUT2D eigenvalue weighted by molar-refractivity contribution is -0.130. The number of carbonyl (C=O) groups excluding carboxylic acids is 1. The van der Waals surface area contributed by atoms with E-state index in [1.54, 1.807) is 0 Å². The molecule has 3 rings (SSSR count). The Morgan fingerprint density at radius 1 is 0.696 bits per heavy atom. The molecule has 0 amide bonds. The topological polar surface area (TPSA) is 29.1 Å². The Hall–Kier alpha value is -1.93. The maximum atomic E-state index is 12.8. The predicted molar refractivity (Wildman–Crippen MR) is 94.3 cm³/mol. The molecule has 0 radical (unpaired) electrons. The fourth-order valence-corrected chi connectivity index (χ4v) is 3.54. The zero-order valence-electron chi connectivity index (χ0n) is 14.3. The van der Waals surface area contributed by atoms with Crippen molar-refractivity contribution in [1.82, 2.24) is 5.32 Å². The van der Waals surface area contributed by atoms with Gasteiger partial charge in [-0.2, -0.15) is 0 Å². The van der Waals surface area contributed by atoms with Gasteiger partial charge in [-0.1, -0.05) is 73.5 Å². The fourth-order valence-electron chi connectivity index (χ4n) is 3.54. The number of hydrogen-bond donors (Lipinski definition) is 1. The van der Waals surface area contributed by atoms with Gasteiger partial charge in [0.25, 0.3) is 0 Å². The lowest BCUT2D eigenvalue weighted by atomic mass is 9.76. The van der Waals surface area contributed by atoms with Crippen molar-refractivity contribution in [3.63, 3.8) is 0 Å². The average Bonchev–Trinajstić information content (AvgIpc) is 2.55. The van der Waals surface area contributed by atoms with E-state index in [0.29, 0.717) is 5.78 Å². The summed E-state index contributed by atoms with van der Waals surface area (Å²) in [5.74, 6) is 0.337. The minimum absolute atomic E-state index is 0.00518. The highest BCUT2D eigenvalue weighted by atomic mass is 16.1. The highest BCUT2D eigenvalue weighted by Crippen LogP contribution is 2.38. The van der Waals surface area contributed by atoms with Gasteiger partial charge < -0.3 is 5.32 Å². The smallest absolute Gasteiger partial charge is 0.142 e. The van der Waals surface area contributed by atoms with Crippen molar-refractivity contribution in [3.8, 4) is 0 Å². The van der Waals surface area contributed by atoms with Gasteiger partial charge in [-0.15, -0.1) is 0 Å². The molecule has 0 aliphatic carbocycles. The van der Waals surface area contributed by atoms with Gasteiger partial charge in [-0.05, 0) is 25.0 Å². The molecule has 2 nitrogen and oxygen atoms in total. The van der Waals surface area contributed by atoms with E-state index in [-0.39, 0.29) is 23.9 Å². The summed E-state index contributed by atoms with van der Waals surface area (Å²) in [7, 11) is 0. The molecular weight excluding hydrogens is 282 g/mol. The first-order chi connectivity index (χ1) is 11.0. The number of nitrogens with one attached hydrogen (secondary N) is 1. The van der Waals surface area contributed by atoms with E-state index in [1.807, 2.05) is 13.8 Å². The molecule has 1 fully saturated rings. The van der Waals surface area contributed by atoms with Crippen molar-refractivity contribution in [1.29, 1.82) is 0 Å². The molecule has 23 heavy (non-hydrogen) atoms. The molecule has 2 heteroatoms. The van der Waals surface area contributed by atoms with Crippen molar-refractivity contribution < 1.29 is 4.79 Å². The van der Waals surface area contributed by atoms with E-state index in [9.17, 15) is 4.79 Å². The van der Waals surface area contributed by atoms with Crippen molar-refractivity contribution in [2.75, 3.05) is 0 Å². The third kappa shape index (κ3) is 3.09. The minimum atomic E-state index is -0.00518. The van der Waals surface area contributed by atoms with E-state index in [4.69, 9.17) is 0 Å². The summed E-state index contributed by atoms with van der Waals surface area (Å²) in [6.07, 6.45) is 0. The standard InChI is InChI=1S/C21H25NO/c1-13-5-9-17(10-6-13)19-15(3)21(23)16(4)20(22-19)18-11-7-14(2)8-12-18/h5-12,15-16,19-20,22H,1-4H3/t15-,16+,19-,20-/m1/s1. The summed E-state index contributed by atoms with van der Waals surface area (Å²) in [5.41, 5.74) is 4.87. The number of Topliss-reactive ketones (excluding diaryl/α,β-unsaturated/α-hetero) is 1. The Bertz CT molecular complexity index is 627. The molecule has 2 aromatic rings. The fraction of sp³-hybridized carbons (Fsp3) is 0.381. The molecule has 1 aliphatic rings. The van der Waals surface area contributed by atoms with Gasteiger partial charge >= 0.3 is 0 Å². The number of piperidine rings is 1. The zero-order chi connectivity index (χ0) is 16.6. The molecule has 4 atom stereocenters. The van der Waals surface area contributed by atoms with E-state index in [2.05, 4.69) is 67.7 Å². The van der Waals surface area contributed by atoms with Gasteiger partial charge in [-0.25, -0.2) is 0 Å². The first kappa shape index (κ1) is 15.9. The number of ketones is 1. The van der Waals surface area contributed by atoms with Crippen molar-refractivity contribution in [2.24, 2.45) is 11.8 Å². The summed E-state index contributed by atoms with van der Waals surface area (Å²) < 4.78 is 0. The molecule has 1 N–H and O–H groups in total. The summed E-state index contributed by atoms with van der Waals surface area (Å²) in [5, 5.41) is 3.73. The van der Waals surface area contributed by atoms with E-state index >= 15 is 0 Å². The second-order valence-electron chi connectivity index (χ2n) is 6.92. The Balaban J connectivity index is 1.94. The summed E-state index contributed by atoms with van der Waals surface area (Å²) in [6, 6.07) is 17.2. The van der Waals surface area contributed by atoms with E-state index in [1.165, 1.54) is 22.3 Å². The molecular formula is C21H25NO. The predicted octanol–water partition coefficient (Wildman–Crippen LogP) is 4.53. The molecule has 0 saturated carbocycles. The van der Waals surface area contributed by atoms with Gasteiger partial charge in [0, 0.05) is 23.9 Å². The van der Waals surface area contributed by atoms with Crippen LogP contribution in [-0.4, -0.2) is 5.78 Å². The van der Waals surface area contributed by atoms with Crippen LogP contribution < -0.4 is 5.32 Å². The lowest BCUT2D eigenvalue weighted by Gasteiger charge is -2.39. The van der Waals surface area contributed by atoms with E-state index < -0.39 is 0 Å².